The molecule has 0 amide bonds. The van der Waals surface area contributed by atoms with Crippen molar-refractivity contribution in [1.82, 2.24) is 0 Å². The molecule has 1 heteroatoms. The zero-order chi connectivity index (χ0) is 6.97. The van der Waals surface area contributed by atoms with Gasteiger partial charge in [-0.05, 0) is 31.1 Å². The molecule has 0 aromatic heterocycles. The molecule has 2 rings (SSSR count). The molecule has 0 bridgehead atoms. The average molecular weight is 140 g/mol. The van der Waals surface area contributed by atoms with E-state index in [-0.39, 0.29) is 0 Å². The van der Waals surface area contributed by atoms with Crippen LogP contribution in [0.2, 0.25) is 0 Å². The van der Waals surface area contributed by atoms with Gasteiger partial charge in [0.05, 0.1) is 6.10 Å². The van der Waals surface area contributed by atoms with Crippen LogP contribution in [0.25, 0.3) is 0 Å². The summed E-state index contributed by atoms with van der Waals surface area (Å²) in [4.78, 5) is 0. The van der Waals surface area contributed by atoms with Crippen molar-refractivity contribution in [3.05, 3.63) is 0 Å². The summed E-state index contributed by atoms with van der Waals surface area (Å²) < 4.78 is 5.67. The maximum absolute atomic E-state index is 5.67. The van der Waals surface area contributed by atoms with Crippen LogP contribution in [0, 0.1) is 11.8 Å². The Hall–Kier alpha value is -0.0400. The third kappa shape index (κ3) is 0.968. The summed E-state index contributed by atoms with van der Waals surface area (Å²) in [5, 5.41) is 0. The molecular weight excluding hydrogens is 124 g/mol. The highest BCUT2D eigenvalue weighted by molar-refractivity contribution is 4.84. The molecule has 1 aliphatic carbocycles. The fourth-order valence-corrected chi connectivity index (χ4v) is 2.43. The van der Waals surface area contributed by atoms with Gasteiger partial charge < -0.3 is 4.74 Å². The molecule has 0 aromatic carbocycles. The van der Waals surface area contributed by atoms with Gasteiger partial charge in [-0.25, -0.2) is 0 Å². The van der Waals surface area contributed by atoms with Gasteiger partial charge in [-0.15, -0.1) is 0 Å². The highest BCUT2D eigenvalue weighted by Gasteiger charge is 2.34. The smallest absolute Gasteiger partial charge is 0.0605 e. The molecule has 1 nitrogen and oxygen atoms in total. The molecule has 58 valence electrons. The van der Waals surface area contributed by atoms with E-state index >= 15 is 0 Å². The van der Waals surface area contributed by atoms with Gasteiger partial charge in [0.2, 0.25) is 0 Å². The zero-order valence-electron chi connectivity index (χ0n) is 6.68. The van der Waals surface area contributed by atoms with Gasteiger partial charge in [0, 0.05) is 6.61 Å². The Bertz CT molecular complexity index is 122. The molecule has 0 spiro atoms. The van der Waals surface area contributed by atoms with Crippen molar-refractivity contribution in [2.45, 2.75) is 38.7 Å². The Balaban J connectivity index is 2.03. The van der Waals surface area contributed by atoms with E-state index in [4.69, 9.17) is 4.74 Å². The second-order valence-electron chi connectivity index (χ2n) is 3.77. The Morgan fingerprint density at radius 1 is 1.20 bits per heavy atom. The van der Waals surface area contributed by atoms with Crippen molar-refractivity contribution < 1.29 is 4.74 Å². The largest absolute Gasteiger partial charge is 0.378 e. The van der Waals surface area contributed by atoms with Crippen molar-refractivity contribution in [2.24, 2.45) is 11.8 Å². The quantitative estimate of drug-likeness (QED) is 0.501. The normalized spacial score (nSPS) is 47.1. The van der Waals surface area contributed by atoms with E-state index in [1.807, 2.05) is 0 Å². The first-order valence-corrected chi connectivity index (χ1v) is 4.49. The van der Waals surface area contributed by atoms with E-state index in [1.54, 1.807) is 0 Å². The molecule has 1 saturated heterocycles. The predicted molar refractivity (Wildman–Crippen MR) is 40.9 cm³/mol. The van der Waals surface area contributed by atoms with Crippen molar-refractivity contribution >= 4 is 0 Å². The van der Waals surface area contributed by atoms with Crippen LogP contribution >= 0.6 is 0 Å². The Morgan fingerprint density at radius 2 is 2.10 bits per heavy atom. The van der Waals surface area contributed by atoms with E-state index in [0.717, 1.165) is 18.4 Å². The molecule has 2 aliphatic rings. The summed E-state index contributed by atoms with van der Waals surface area (Å²) in [6.07, 6.45) is 6.09. The van der Waals surface area contributed by atoms with Crippen molar-refractivity contribution in [3.8, 4) is 0 Å². The Morgan fingerprint density at radius 3 is 2.90 bits per heavy atom. The van der Waals surface area contributed by atoms with E-state index < -0.39 is 0 Å². The average Bonchev–Trinajstić information content (AvgIpc) is 2.36. The lowest BCUT2D eigenvalue weighted by molar-refractivity contribution is -0.0351. The predicted octanol–water partition coefficient (Wildman–Crippen LogP) is 2.21. The molecule has 0 aromatic rings. The van der Waals surface area contributed by atoms with Crippen molar-refractivity contribution in [2.75, 3.05) is 6.61 Å². The first-order valence-electron chi connectivity index (χ1n) is 4.49. The topological polar surface area (TPSA) is 9.23 Å². The van der Waals surface area contributed by atoms with Crippen LogP contribution in [0.5, 0.6) is 0 Å². The van der Waals surface area contributed by atoms with Gasteiger partial charge in [-0.1, -0.05) is 13.3 Å². The summed E-state index contributed by atoms with van der Waals surface area (Å²) in [5.41, 5.74) is 0. The highest BCUT2D eigenvalue weighted by atomic mass is 16.5. The van der Waals surface area contributed by atoms with Gasteiger partial charge >= 0.3 is 0 Å². The van der Waals surface area contributed by atoms with Crippen LogP contribution in [0.3, 0.4) is 0 Å². The number of hydrogen-bond donors (Lipinski definition) is 0. The molecule has 0 radical (unpaired) electrons. The monoisotopic (exact) mass is 140 g/mol. The molecule has 2 fully saturated rings. The van der Waals surface area contributed by atoms with Gasteiger partial charge in [-0.2, -0.15) is 0 Å². The third-order valence-electron chi connectivity index (χ3n) is 3.14. The first kappa shape index (κ1) is 6.66. The van der Waals surface area contributed by atoms with Crippen LogP contribution in [-0.4, -0.2) is 12.7 Å². The first-order chi connectivity index (χ1) is 4.88. The summed E-state index contributed by atoms with van der Waals surface area (Å²) in [5.74, 6) is 1.84. The van der Waals surface area contributed by atoms with Crippen LogP contribution in [0.4, 0.5) is 0 Å². The molecule has 3 atom stereocenters. The van der Waals surface area contributed by atoms with E-state index in [2.05, 4.69) is 6.92 Å². The molecule has 10 heavy (non-hydrogen) atoms. The van der Waals surface area contributed by atoms with E-state index in [9.17, 15) is 0 Å². The maximum atomic E-state index is 5.67. The number of ether oxygens (including phenoxy) is 1. The molecule has 0 N–H and O–H groups in total. The van der Waals surface area contributed by atoms with Crippen LogP contribution in [-0.2, 0) is 4.74 Å². The minimum Gasteiger partial charge on any atom is -0.378 e. The van der Waals surface area contributed by atoms with Crippen molar-refractivity contribution in [1.29, 1.82) is 0 Å². The molecule has 1 heterocycles. The third-order valence-corrected chi connectivity index (χ3v) is 3.14. The number of hydrogen-bond acceptors (Lipinski definition) is 1. The molecule has 1 aliphatic heterocycles. The van der Waals surface area contributed by atoms with Crippen molar-refractivity contribution in [3.63, 3.8) is 0 Å². The summed E-state index contributed by atoms with van der Waals surface area (Å²) in [7, 11) is 0. The van der Waals surface area contributed by atoms with Gasteiger partial charge in [0.15, 0.2) is 0 Å². The lowest BCUT2D eigenvalue weighted by Crippen LogP contribution is -2.30. The lowest BCUT2D eigenvalue weighted by atomic mass is 9.87. The molecular formula is C9H16O. The zero-order valence-corrected chi connectivity index (χ0v) is 6.68. The minimum absolute atomic E-state index is 0.642. The number of rotatable bonds is 0. The van der Waals surface area contributed by atoms with Gasteiger partial charge in [0.25, 0.3) is 0 Å². The van der Waals surface area contributed by atoms with Crippen LogP contribution in [0.1, 0.15) is 32.6 Å². The molecule has 1 saturated carbocycles. The molecule has 0 unspecified atom stereocenters. The van der Waals surface area contributed by atoms with Gasteiger partial charge in [0.1, 0.15) is 0 Å². The Kier molecular flexibility index (Phi) is 1.69. The van der Waals surface area contributed by atoms with Gasteiger partial charge in [-0.3, -0.25) is 0 Å². The second-order valence-corrected chi connectivity index (χ2v) is 3.77. The summed E-state index contributed by atoms with van der Waals surface area (Å²) in [6.45, 7) is 3.40. The SMILES string of the molecule is C[C@H]1CCO[C@H]2CCC[C@H]21. The fraction of sp³-hybridized carbons (Fsp3) is 1.00. The van der Waals surface area contributed by atoms with E-state index in [0.29, 0.717) is 6.10 Å². The van der Waals surface area contributed by atoms with Crippen LogP contribution < -0.4 is 0 Å². The highest BCUT2D eigenvalue weighted by Crippen LogP contribution is 2.38. The maximum Gasteiger partial charge on any atom is 0.0605 e. The lowest BCUT2D eigenvalue weighted by Gasteiger charge is -2.31. The van der Waals surface area contributed by atoms with Crippen LogP contribution in [0.15, 0.2) is 0 Å². The summed E-state index contributed by atoms with van der Waals surface area (Å²) in [6, 6.07) is 0. The summed E-state index contributed by atoms with van der Waals surface area (Å²) >= 11 is 0. The standard InChI is InChI=1S/C9H16O/c1-7-5-6-10-9-4-2-3-8(7)9/h7-9H,2-6H2,1H3/t7-,8-,9-/m0/s1. The fourth-order valence-electron chi connectivity index (χ4n) is 2.43. The second kappa shape index (κ2) is 2.54. The minimum atomic E-state index is 0.642. The Labute approximate surface area is 62.8 Å². The number of fused-ring (bicyclic) bond motifs is 1. The van der Waals surface area contributed by atoms with E-state index in [1.165, 1.54) is 25.7 Å².